The van der Waals surface area contributed by atoms with E-state index in [1.54, 1.807) is 18.2 Å². The van der Waals surface area contributed by atoms with E-state index >= 15 is 0 Å². The van der Waals surface area contributed by atoms with Gasteiger partial charge < -0.3 is 14.9 Å². The minimum atomic E-state index is -0.252. The molecule has 0 atom stereocenters. The SMILES string of the molecule is COC(=O)CCCc1cccc(CO)c1O. The zero-order valence-electron chi connectivity index (χ0n) is 9.27. The first kappa shape index (κ1) is 12.5. The molecule has 1 aromatic rings. The molecule has 88 valence electrons. The van der Waals surface area contributed by atoms with Crippen molar-refractivity contribution in [2.24, 2.45) is 0 Å². The number of para-hydroxylation sites is 1. The van der Waals surface area contributed by atoms with Crippen molar-refractivity contribution in [1.29, 1.82) is 0 Å². The maximum absolute atomic E-state index is 10.9. The van der Waals surface area contributed by atoms with Crippen LogP contribution in [0.15, 0.2) is 18.2 Å². The predicted octanol–water partition coefficient (Wildman–Crippen LogP) is 1.38. The molecule has 0 bridgehead atoms. The van der Waals surface area contributed by atoms with Crippen LogP contribution in [-0.2, 0) is 22.6 Å². The molecule has 0 aliphatic heterocycles. The largest absolute Gasteiger partial charge is 0.507 e. The van der Waals surface area contributed by atoms with Gasteiger partial charge in [0, 0.05) is 12.0 Å². The molecular formula is C12H16O4. The molecule has 2 N–H and O–H groups in total. The average Bonchev–Trinajstić information content (AvgIpc) is 2.31. The molecule has 1 rings (SSSR count). The van der Waals surface area contributed by atoms with E-state index in [0.717, 1.165) is 5.56 Å². The van der Waals surface area contributed by atoms with Crippen molar-refractivity contribution in [3.05, 3.63) is 29.3 Å². The molecule has 0 aliphatic carbocycles. The molecule has 4 heteroatoms. The van der Waals surface area contributed by atoms with Crippen LogP contribution in [0.5, 0.6) is 5.75 Å². The Kier molecular flexibility index (Phi) is 4.79. The molecular weight excluding hydrogens is 208 g/mol. The number of methoxy groups -OCH3 is 1. The summed E-state index contributed by atoms with van der Waals surface area (Å²) in [4.78, 5) is 10.9. The fourth-order valence-electron chi connectivity index (χ4n) is 1.50. The molecule has 0 heterocycles. The number of esters is 1. The molecule has 0 aromatic heterocycles. The number of rotatable bonds is 5. The number of ether oxygens (including phenoxy) is 1. The Labute approximate surface area is 94.5 Å². The summed E-state index contributed by atoms with van der Waals surface area (Å²) in [6.07, 6.45) is 1.54. The van der Waals surface area contributed by atoms with Crippen molar-refractivity contribution < 1.29 is 19.7 Å². The number of hydrogen-bond donors (Lipinski definition) is 2. The zero-order chi connectivity index (χ0) is 12.0. The third-order valence-electron chi connectivity index (χ3n) is 2.43. The van der Waals surface area contributed by atoms with Crippen LogP contribution in [0.1, 0.15) is 24.0 Å². The lowest BCUT2D eigenvalue weighted by Gasteiger charge is -2.07. The van der Waals surface area contributed by atoms with E-state index in [0.29, 0.717) is 24.8 Å². The Morgan fingerprint density at radius 3 is 2.69 bits per heavy atom. The zero-order valence-corrected chi connectivity index (χ0v) is 9.27. The van der Waals surface area contributed by atoms with Crippen LogP contribution in [0.4, 0.5) is 0 Å². The lowest BCUT2D eigenvalue weighted by atomic mass is 10.0. The quantitative estimate of drug-likeness (QED) is 0.741. The van der Waals surface area contributed by atoms with Crippen molar-refractivity contribution in [3.63, 3.8) is 0 Å². The number of aliphatic hydroxyl groups is 1. The maximum Gasteiger partial charge on any atom is 0.305 e. The summed E-state index contributed by atoms with van der Waals surface area (Å²) in [5.74, 6) is -0.132. The topological polar surface area (TPSA) is 66.8 Å². The van der Waals surface area contributed by atoms with Crippen molar-refractivity contribution in [2.45, 2.75) is 25.9 Å². The Morgan fingerprint density at radius 2 is 2.06 bits per heavy atom. The van der Waals surface area contributed by atoms with Gasteiger partial charge in [0.25, 0.3) is 0 Å². The molecule has 0 spiro atoms. The molecule has 0 saturated carbocycles. The van der Waals surface area contributed by atoms with E-state index in [9.17, 15) is 9.90 Å². The highest BCUT2D eigenvalue weighted by Crippen LogP contribution is 2.23. The Hall–Kier alpha value is -1.55. The van der Waals surface area contributed by atoms with Gasteiger partial charge in [0.2, 0.25) is 0 Å². The summed E-state index contributed by atoms with van der Waals surface area (Å²) < 4.78 is 4.52. The fourth-order valence-corrected chi connectivity index (χ4v) is 1.50. The summed E-state index contributed by atoms with van der Waals surface area (Å²) in [5, 5.41) is 18.7. The third kappa shape index (κ3) is 3.24. The average molecular weight is 224 g/mol. The summed E-state index contributed by atoms with van der Waals surface area (Å²) in [6.45, 7) is -0.184. The van der Waals surface area contributed by atoms with E-state index in [-0.39, 0.29) is 18.3 Å². The second-order valence-electron chi connectivity index (χ2n) is 3.51. The first-order valence-corrected chi connectivity index (χ1v) is 5.16. The second kappa shape index (κ2) is 6.12. The number of aryl methyl sites for hydroxylation is 1. The molecule has 0 amide bonds. The van der Waals surface area contributed by atoms with Gasteiger partial charge in [-0.05, 0) is 18.4 Å². The lowest BCUT2D eigenvalue weighted by molar-refractivity contribution is -0.140. The van der Waals surface area contributed by atoms with Gasteiger partial charge in [-0.1, -0.05) is 18.2 Å². The van der Waals surface area contributed by atoms with E-state index in [4.69, 9.17) is 5.11 Å². The number of hydrogen-bond acceptors (Lipinski definition) is 4. The Balaban J connectivity index is 2.57. The normalized spacial score (nSPS) is 10.1. The van der Waals surface area contributed by atoms with Gasteiger partial charge in [-0.2, -0.15) is 0 Å². The first-order chi connectivity index (χ1) is 7.69. The minimum absolute atomic E-state index is 0.120. The molecule has 0 unspecified atom stereocenters. The van der Waals surface area contributed by atoms with Crippen molar-refractivity contribution in [2.75, 3.05) is 7.11 Å². The van der Waals surface area contributed by atoms with Crippen LogP contribution in [0.3, 0.4) is 0 Å². The van der Waals surface area contributed by atoms with E-state index < -0.39 is 0 Å². The third-order valence-corrected chi connectivity index (χ3v) is 2.43. The number of aliphatic hydroxyl groups excluding tert-OH is 1. The van der Waals surface area contributed by atoms with Gasteiger partial charge in [-0.3, -0.25) is 4.79 Å². The highest BCUT2D eigenvalue weighted by molar-refractivity contribution is 5.69. The van der Waals surface area contributed by atoms with Crippen LogP contribution in [0.25, 0.3) is 0 Å². The Bertz CT molecular complexity index is 360. The van der Waals surface area contributed by atoms with Crippen molar-refractivity contribution in [1.82, 2.24) is 0 Å². The van der Waals surface area contributed by atoms with Crippen LogP contribution in [-0.4, -0.2) is 23.3 Å². The first-order valence-electron chi connectivity index (χ1n) is 5.16. The van der Waals surface area contributed by atoms with Crippen LogP contribution >= 0.6 is 0 Å². The fraction of sp³-hybridized carbons (Fsp3) is 0.417. The monoisotopic (exact) mass is 224 g/mol. The van der Waals surface area contributed by atoms with E-state index in [1.165, 1.54) is 7.11 Å². The van der Waals surface area contributed by atoms with Gasteiger partial charge >= 0.3 is 5.97 Å². The predicted molar refractivity (Wildman–Crippen MR) is 59.0 cm³/mol. The van der Waals surface area contributed by atoms with E-state index in [2.05, 4.69) is 4.74 Å². The number of phenols is 1. The smallest absolute Gasteiger partial charge is 0.305 e. The molecule has 0 aliphatic rings. The van der Waals surface area contributed by atoms with Gasteiger partial charge in [-0.15, -0.1) is 0 Å². The number of carbonyl (C=O) groups excluding carboxylic acids is 1. The molecule has 0 saturated heterocycles. The minimum Gasteiger partial charge on any atom is -0.507 e. The van der Waals surface area contributed by atoms with Crippen molar-refractivity contribution >= 4 is 5.97 Å². The lowest BCUT2D eigenvalue weighted by Crippen LogP contribution is -2.01. The molecule has 4 nitrogen and oxygen atoms in total. The summed E-state index contributed by atoms with van der Waals surface area (Å²) in [5.41, 5.74) is 1.26. The summed E-state index contributed by atoms with van der Waals surface area (Å²) in [6, 6.07) is 5.23. The summed E-state index contributed by atoms with van der Waals surface area (Å²) >= 11 is 0. The molecule has 16 heavy (non-hydrogen) atoms. The Morgan fingerprint density at radius 1 is 1.38 bits per heavy atom. The number of aromatic hydroxyl groups is 1. The van der Waals surface area contributed by atoms with Gasteiger partial charge in [0.1, 0.15) is 5.75 Å². The molecule has 0 fully saturated rings. The van der Waals surface area contributed by atoms with Gasteiger partial charge in [0.15, 0.2) is 0 Å². The van der Waals surface area contributed by atoms with Crippen LogP contribution in [0, 0.1) is 0 Å². The number of carbonyl (C=O) groups is 1. The highest BCUT2D eigenvalue weighted by atomic mass is 16.5. The summed E-state index contributed by atoms with van der Waals surface area (Å²) in [7, 11) is 1.35. The van der Waals surface area contributed by atoms with Crippen LogP contribution < -0.4 is 0 Å². The van der Waals surface area contributed by atoms with Crippen LogP contribution in [0.2, 0.25) is 0 Å². The molecule has 1 aromatic carbocycles. The maximum atomic E-state index is 10.9. The van der Waals surface area contributed by atoms with Gasteiger partial charge in [-0.25, -0.2) is 0 Å². The second-order valence-corrected chi connectivity index (χ2v) is 3.51. The standard InChI is InChI=1S/C12H16O4/c1-16-11(14)7-3-5-9-4-2-6-10(8-13)12(9)15/h2,4,6,13,15H,3,5,7-8H2,1H3. The highest BCUT2D eigenvalue weighted by Gasteiger charge is 2.07. The molecule has 0 radical (unpaired) electrons. The van der Waals surface area contributed by atoms with Crippen molar-refractivity contribution in [3.8, 4) is 5.75 Å². The number of benzene rings is 1. The van der Waals surface area contributed by atoms with E-state index in [1.807, 2.05) is 0 Å². The van der Waals surface area contributed by atoms with Gasteiger partial charge in [0.05, 0.1) is 13.7 Å².